The van der Waals surface area contributed by atoms with Crippen LogP contribution in [0.1, 0.15) is 0 Å². The predicted octanol–water partition coefficient (Wildman–Crippen LogP) is -0.690. The van der Waals surface area contributed by atoms with Crippen molar-refractivity contribution in [3.05, 3.63) is 0 Å². The molecule has 0 aromatic carbocycles. The highest BCUT2D eigenvalue weighted by atomic mass is 31.2. The van der Waals surface area contributed by atoms with Crippen LogP contribution < -0.4 is 0 Å². The first-order valence-electron chi connectivity index (χ1n) is 2.68. The molecule has 0 bridgehead atoms. The molecule has 11 heavy (non-hydrogen) atoms. The van der Waals surface area contributed by atoms with Gasteiger partial charge in [-0.05, 0) is 0 Å². The molecule has 2 N–H and O–H groups in total. The maximum absolute atomic E-state index is 10.1. The van der Waals surface area contributed by atoms with Crippen LogP contribution in [0.3, 0.4) is 0 Å². The fraction of sp³-hybridized carbons (Fsp3) is 0.750. The summed E-state index contributed by atoms with van der Waals surface area (Å²) in [5, 5.41) is 0. The Labute approximate surface area is 63.4 Å². The van der Waals surface area contributed by atoms with Crippen LogP contribution in [0.15, 0.2) is 0 Å². The molecule has 1 atom stereocenters. The summed E-state index contributed by atoms with van der Waals surface area (Å²) >= 11 is 0. The third kappa shape index (κ3) is 6.15. The molecule has 6 nitrogen and oxygen atoms in total. The van der Waals surface area contributed by atoms with E-state index in [0.29, 0.717) is 6.29 Å². The van der Waals surface area contributed by atoms with Gasteiger partial charge in [0, 0.05) is 7.11 Å². The van der Waals surface area contributed by atoms with E-state index in [4.69, 9.17) is 9.79 Å². The first-order chi connectivity index (χ1) is 4.99. The Balaban J connectivity index is 3.68. The number of carbonyl (C=O) groups is 1. The summed E-state index contributed by atoms with van der Waals surface area (Å²) in [4.78, 5) is 26.3. The lowest BCUT2D eigenvalue weighted by Gasteiger charge is -2.08. The molecule has 0 aromatic heterocycles. The largest absolute Gasteiger partial charge is 0.469 e. The number of hydrogen-bond donors (Lipinski definition) is 2. The normalized spacial score (nSPS) is 14.5. The number of methoxy groups -OCH3 is 1. The number of ether oxygens (including phenoxy) is 1. The molecule has 0 amide bonds. The topological polar surface area (TPSA) is 93.1 Å². The Morgan fingerprint density at radius 3 is 2.45 bits per heavy atom. The number of aldehydes is 1. The molecule has 0 aliphatic rings. The van der Waals surface area contributed by atoms with Crippen molar-refractivity contribution in [1.29, 1.82) is 0 Å². The molecule has 0 aliphatic carbocycles. The van der Waals surface area contributed by atoms with E-state index in [9.17, 15) is 9.36 Å². The number of phosphoric ester groups is 1. The van der Waals surface area contributed by atoms with Crippen molar-refractivity contribution in [3.8, 4) is 0 Å². The lowest BCUT2D eigenvalue weighted by atomic mass is 10.4. The van der Waals surface area contributed by atoms with Gasteiger partial charge >= 0.3 is 7.82 Å². The van der Waals surface area contributed by atoms with Crippen LogP contribution in [0.4, 0.5) is 0 Å². The van der Waals surface area contributed by atoms with E-state index < -0.39 is 20.5 Å². The molecule has 0 aromatic rings. The highest BCUT2D eigenvalue weighted by Gasteiger charge is 2.17. The molecule has 7 heteroatoms. The second-order valence-electron chi connectivity index (χ2n) is 1.70. The van der Waals surface area contributed by atoms with Crippen molar-refractivity contribution in [2.45, 2.75) is 6.10 Å². The molecule has 1 unspecified atom stereocenters. The van der Waals surface area contributed by atoms with Crippen LogP contribution >= 0.6 is 7.82 Å². The Bertz CT molecular complexity index is 162. The van der Waals surface area contributed by atoms with Gasteiger partial charge in [0.15, 0.2) is 6.29 Å². The summed E-state index contributed by atoms with van der Waals surface area (Å²) in [7, 11) is -3.25. The highest BCUT2D eigenvalue weighted by molar-refractivity contribution is 7.46. The van der Waals surface area contributed by atoms with Gasteiger partial charge in [-0.1, -0.05) is 0 Å². The molecule has 0 rings (SSSR count). The maximum atomic E-state index is 10.1. The fourth-order valence-electron chi connectivity index (χ4n) is 0.333. The molecule has 0 spiro atoms. The highest BCUT2D eigenvalue weighted by Crippen LogP contribution is 2.35. The number of rotatable bonds is 5. The minimum Gasteiger partial charge on any atom is -0.372 e. The van der Waals surface area contributed by atoms with Crippen molar-refractivity contribution in [2.24, 2.45) is 0 Å². The van der Waals surface area contributed by atoms with Crippen LogP contribution in [0.25, 0.3) is 0 Å². The van der Waals surface area contributed by atoms with Crippen LogP contribution in [-0.2, 0) is 18.6 Å². The quantitative estimate of drug-likeness (QED) is 0.434. The fourth-order valence-corrected chi connectivity index (χ4v) is 0.675. The minimum absolute atomic E-state index is 0.398. The maximum Gasteiger partial charge on any atom is 0.469 e. The first-order valence-corrected chi connectivity index (χ1v) is 4.21. The van der Waals surface area contributed by atoms with E-state index in [1.807, 2.05) is 0 Å². The SMILES string of the molecule is COC(C=O)COP(=O)(O)O. The second kappa shape index (κ2) is 4.58. The van der Waals surface area contributed by atoms with Gasteiger partial charge in [-0.3, -0.25) is 4.52 Å². The number of carbonyl (C=O) groups excluding carboxylic acids is 1. The van der Waals surface area contributed by atoms with Crippen molar-refractivity contribution in [2.75, 3.05) is 13.7 Å². The monoisotopic (exact) mass is 184 g/mol. The molecule has 0 aliphatic heterocycles. The van der Waals surface area contributed by atoms with Gasteiger partial charge in [0.1, 0.15) is 6.10 Å². The van der Waals surface area contributed by atoms with Crippen molar-refractivity contribution < 1.29 is 28.4 Å². The number of phosphoric acid groups is 1. The summed E-state index contributed by atoms with van der Waals surface area (Å²) in [5.41, 5.74) is 0. The molecular formula is C4H9O6P. The molecule has 0 saturated heterocycles. The van der Waals surface area contributed by atoms with E-state index in [1.165, 1.54) is 7.11 Å². The molecule has 0 fully saturated rings. The zero-order valence-corrected chi connectivity index (χ0v) is 6.73. The first kappa shape index (κ1) is 10.7. The average Bonchev–Trinajstić information content (AvgIpc) is 1.88. The standard InChI is InChI=1S/C4H9O6P/c1-9-4(2-5)3-10-11(6,7)8/h2,4H,3H2,1H3,(H2,6,7,8). The summed E-state index contributed by atoms with van der Waals surface area (Å²) < 4.78 is 18.5. The van der Waals surface area contributed by atoms with Crippen LogP contribution in [0.2, 0.25) is 0 Å². The Hall–Kier alpha value is -0.260. The summed E-state index contributed by atoms with van der Waals surface area (Å²) in [6.45, 7) is -0.440. The molecule has 0 radical (unpaired) electrons. The van der Waals surface area contributed by atoms with Crippen molar-refractivity contribution >= 4 is 14.1 Å². The van der Waals surface area contributed by atoms with Gasteiger partial charge in [0.25, 0.3) is 0 Å². The van der Waals surface area contributed by atoms with Crippen molar-refractivity contribution in [3.63, 3.8) is 0 Å². The molecule has 66 valence electrons. The van der Waals surface area contributed by atoms with Gasteiger partial charge in [-0.2, -0.15) is 0 Å². The predicted molar refractivity (Wildman–Crippen MR) is 34.9 cm³/mol. The van der Waals surface area contributed by atoms with E-state index in [1.54, 1.807) is 0 Å². The van der Waals surface area contributed by atoms with E-state index in [0.717, 1.165) is 0 Å². The Kier molecular flexibility index (Phi) is 4.48. The van der Waals surface area contributed by atoms with Crippen LogP contribution in [0.5, 0.6) is 0 Å². The van der Waals surface area contributed by atoms with Gasteiger partial charge in [0.05, 0.1) is 6.61 Å². The molecule has 0 saturated carbocycles. The number of hydrogen-bond acceptors (Lipinski definition) is 4. The van der Waals surface area contributed by atoms with Gasteiger partial charge in [-0.15, -0.1) is 0 Å². The zero-order chi connectivity index (χ0) is 8.91. The third-order valence-electron chi connectivity index (χ3n) is 0.862. The zero-order valence-electron chi connectivity index (χ0n) is 5.84. The second-order valence-corrected chi connectivity index (χ2v) is 2.94. The van der Waals surface area contributed by atoms with Crippen molar-refractivity contribution in [1.82, 2.24) is 0 Å². The molecular weight excluding hydrogens is 175 g/mol. The minimum atomic E-state index is -4.48. The summed E-state index contributed by atoms with van der Waals surface area (Å²) in [6.07, 6.45) is -0.530. The van der Waals surface area contributed by atoms with Gasteiger partial charge < -0.3 is 19.3 Å². The van der Waals surface area contributed by atoms with E-state index >= 15 is 0 Å². The molecule has 0 heterocycles. The average molecular weight is 184 g/mol. The smallest absolute Gasteiger partial charge is 0.372 e. The van der Waals surface area contributed by atoms with Crippen LogP contribution in [-0.4, -0.2) is 35.9 Å². The lowest BCUT2D eigenvalue weighted by molar-refractivity contribution is -0.118. The van der Waals surface area contributed by atoms with E-state index in [-0.39, 0.29) is 0 Å². The van der Waals surface area contributed by atoms with Gasteiger partial charge in [-0.25, -0.2) is 4.57 Å². The Morgan fingerprint density at radius 1 is 1.64 bits per heavy atom. The summed E-state index contributed by atoms with van der Waals surface area (Å²) in [6, 6.07) is 0. The van der Waals surface area contributed by atoms with E-state index in [2.05, 4.69) is 9.26 Å². The summed E-state index contributed by atoms with van der Waals surface area (Å²) in [5.74, 6) is 0. The van der Waals surface area contributed by atoms with Gasteiger partial charge in [0.2, 0.25) is 0 Å². The lowest BCUT2D eigenvalue weighted by Crippen LogP contribution is -2.18. The Morgan fingerprint density at radius 2 is 2.18 bits per heavy atom. The third-order valence-corrected chi connectivity index (χ3v) is 1.35. The van der Waals surface area contributed by atoms with Crippen LogP contribution in [0, 0.1) is 0 Å².